The van der Waals surface area contributed by atoms with Crippen LogP contribution in [0.5, 0.6) is 0 Å². The quantitative estimate of drug-likeness (QED) is 0.472. The summed E-state index contributed by atoms with van der Waals surface area (Å²) in [5.41, 5.74) is 0.739. The largest absolute Gasteiger partial charge is 0.465 e. The summed E-state index contributed by atoms with van der Waals surface area (Å²) >= 11 is 1.67. The van der Waals surface area contributed by atoms with E-state index in [0.717, 1.165) is 17.9 Å². The van der Waals surface area contributed by atoms with Crippen molar-refractivity contribution in [3.05, 3.63) is 35.1 Å². The second-order valence-electron chi connectivity index (χ2n) is 3.74. The molecule has 0 saturated carbocycles. The van der Waals surface area contributed by atoms with E-state index in [2.05, 4.69) is 16.0 Å². The molecule has 19 heavy (non-hydrogen) atoms. The molecule has 0 saturated heterocycles. The molecular weight excluding hydrogens is 265 g/mol. The van der Waals surface area contributed by atoms with Crippen LogP contribution in [0.25, 0.3) is 0 Å². The predicted octanol–water partition coefficient (Wildman–Crippen LogP) is 2.07. The van der Waals surface area contributed by atoms with Gasteiger partial charge in [0, 0.05) is 18.8 Å². The molecule has 1 rings (SSSR count). The number of methoxy groups -OCH3 is 1. The van der Waals surface area contributed by atoms with E-state index < -0.39 is 11.8 Å². The van der Waals surface area contributed by atoms with Gasteiger partial charge in [0.2, 0.25) is 0 Å². The molecule has 0 bridgehead atoms. The van der Waals surface area contributed by atoms with Crippen molar-refractivity contribution in [3.8, 4) is 12.3 Å². The molecule has 0 unspecified atom stereocenters. The Morgan fingerprint density at radius 3 is 3.00 bits per heavy atom. The fourth-order valence-electron chi connectivity index (χ4n) is 1.45. The first-order valence-electron chi connectivity index (χ1n) is 5.77. The number of benzene rings is 1. The zero-order valence-electron chi connectivity index (χ0n) is 10.7. The van der Waals surface area contributed by atoms with Crippen LogP contribution in [0.15, 0.2) is 18.2 Å². The van der Waals surface area contributed by atoms with Crippen molar-refractivity contribution in [2.24, 2.45) is 0 Å². The first kappa shape index (κ1) is 15.5. The highest BCUT2D eigenvalue weighted by Crippen LogP contribution is 2.11. The van der Waals surface area contributed by atoms with Crippen LogP contribution in [0.4, 0.5) is 4.39 Å². The average molecular weight is 281 g/mol. The molecule has 0 aromatic heterocycles. The number of esters is 1. The number of hydrogen-bond acceptors (Lipinski definition) is 4. The molecule has 0 spiro atoms. The van der Waals surface area contributed by atoms with E-state index in [1.54, 1.807) is 17.8 Å². The Kier molecular flexibility index (Phi) is 7.01. The maximum atomic E-state index is 13.6. The van der Waals surface area contributed by atoms with Crippen LogP contribution in [0.3, 0.4) is 0 Å². The minimum Gasteiger partial charge on any atom is -0.465 e. The van der Waals surface area contributed by atoms with Gasteiger partial charge in [-0.3, -0.25) is 0 Å². The van der Waals surface area contributed by atoms with Crippen LogP contribution in [0.2, 0.25) is 0 Å². The molecule has 0 atom stereocenters. The summed E-state index contributed by atoms with van der Waals surface area (Å²) < 4.78 is 18.1. The molecule has 1 N–H and O–H groups in total. The maximum Gasteiger partial charge on any atom is 0.340 e. The molecular formula is C14H16FNO2S. The topological polar surface area (TPSA) is 38.3 Å². The van der Waals surface area contributed by atoms with E-state index in [4.69, 9.17) is 6.42 Å². The van der Waals surface area contributed by atoms with Crippen LogP contribution in [-0.4, -0.2) is 31.1 Å². The molecule has 1 aromatic rings. The monoisotopic (exact) mass is 281 g/mol. The van der Waals surface area contributed by atoms with Crippen LogP contribution in [0, 0.1) is 18.2 Å². The smallest absolute Gasteiger partial charge is 0.340 e. The average Bonchev–Trinajstić information content (AvgIpc) is 2.42. The molecule has 0 aliphatic heterocycles. The lowest BCUT2D eigenvalue weighted by Gasteiger charge is -2.06. The normalized spacial score (nSPS) is 9.95. The van der Waals surface area contributed by atoms with E-state index in [9.17, 15) is 9.18 Å². The lowest BCUT2D eigenvalue weighted by Crippen LogP contribution is -2.17. The maximum absolute atomic E-state index is 13.6. The SMILES string of the molecule is C#CCSCCNCc1ccc(C(=O)OC)c(F)c1. The van der Waals surface area contributed by atoms with Gasteiger partial charge in [-0.05, 0) is 17.7 Å². The van der Waals surface area contributed by atoms with Crippen molar-refractivity contribution < 1.29 is 13.9 Å². The van der Waals surface area contributed by atoms with Gasteiger partial charge in [0.15, 0.2) is 0 Å². The third-order valence-electron chi connectivity index (χ3n) is 2.38. The lowest BCUT2D eigenvalue weighted by molar-refractivity contribution is 0.0595. The number of nitrogens with one attached hydrogen (secondary N) is 1. The summed E-state index contributed by atoms with van der Waals surface area (Å²) in [6.07, 6.45) is 5.13. The van der Waals surface area contributed by atoms with E-state index >= 15 is 0 Å². The van der Waals surface area contributed by atoms with Crippen LogP contribution in [-0.2, 0) is 11.3 Å². The number of rotatable bonds is 7. The number of hydrogen-bond donors (Lipinski definition) is 1. The molecule has 0 fully saturated rings. The fourth-order valence-corrected chi connectivity index (χ4v) is 2.00. The molecule has 0 radical (unpaired) electrons. The number of ether oxygens (including phenoxy) is 1. The zero-order chi connectivity index (χ0) is 14.1. The summed E-state index contributed by atoms with van der Waals surface area (Å²) in [4.78, 5) is 11.2. The molecule has 102 valence electrons. The Hall–Kier alpha value is -1.51. The second kappa shape index (κ2) is 8.57. The van der Waals surface area contributed by atoms with E-state index in [1.807, 2.05) is 0 Å². The fraction of sp³-hybridized carbons (Fsp3) is 0.357. The first-order valence-corrected chi connectivity index (χ1v) is 6.93. The van der Waals surface area contributed by atoms with Crippen molar-refractivity contribution in [2.45, 2.75) is 6.54 Å². The van der Waals surface area contributed by atoms with Crippen molar-refractivity contribution in [3.63, 3.8) is 0 Å². The summed E-state index contributed by atoms with van der Waals surface area (Å²) in [5, 5.41) is 3.18. The Labute approximate surface area is 116 Å². The van der Waals surface area contributed by atoms with E-state index in [0.29, 0.717) is 12.3 Å². The summed E-state index contributed by atoms with van der Waals surface area (Å²) in [6, 6.07) is 4.48. The number of terminal acetylenes is 1. The van der Waals surface area contributed by atoms with Gasteiger partial charge < -0.3 is 10.1 Å². The lowest BCUT2D eigenvalue weighted by atomic mass is 10.1. The zero-order valence-corrected chi connectivity index (χ0v) is 11.6. The highest BCUT2D eigenvalue weighted by Gasteiger charge is 2.11. The van der Waals surface area contributed by atoms with Crippen molar-refractivity contribution in [1.29, 1.82) is 0 Å². The number of thioether (sulfide) groups is 1. The van der Waals surface area contributed by atoms with Crippen molar-refractivity contribution in [1.82, 2.24) is 5.32 Å². The third kappa shape index (κ3) is 5.33. The third-order valence-corrected chi connectivity index (χ3v) is 3.24. The standard InChI is InChI=1S/C14H16FNO2S/c1-3-7-19-8-6-16-10-11-4-5-12(13(15)9-11)14(17)18-2/h1,4-5,9,16H,6-8,10H2,2H3. The molecule has 0 amide bonds. The Balaban J connectivity index is 2.42. The Morgan fingerprint density at radius 2 is 2.37 bits per heavy atom. The number of halogens is 1. The van der Waals surface area contributed by atoms with Crippen molar-refractivity contribution in [2.75, 3.05) is 25.2 Å². The Bertz CT molecular complexity index is 471. The molecule has 0 heterocycles. The highest BCUT2D eigenvalue weighted by molar-refractivity contribution is 7.99. The van der Waals surface area contributed by atoms with Gasteiger partial charge >= 0.3 is 5.97 Å². The van der Waals surface area contributed by atoms with Gasteiger partial charge in [-0.25, -0.2) is 9.18 Å². The summed E-state index contributed by atoms with van der Waals surface area (Å²) in [6.45, 7) is 1.35. The van der Waals surface area contributed by atoms with Crippen LogP contribution in [0.1, 0.15) is 15.9 Å². The van der Waals surface area contributed by atoms with Gasteiger partial charge in [-0.1, -0.05) is 12.0 Å². The molecule has 0 aliphatic rings. The highest BCUT2D eigenvalue weighted by atomic mass is 32.2. The van der Waals surface area contributed by atoms with E-state index in [1.165, 1.54) is 19.2 Å². The summed E-state index contributed by atoms with van der Waals surface area (Å²) in [5.74, 6) is 2.93. The molecule has 0 aliphatic carbocycles. The molecule has 1 aromatic carbocycles. The number of carbonyl (C=O) groups is 1. The Morgan fingerprint density at radius 1 is 1.58 bits per heavy atom. The first-order chi connectivity index (χ1) is 9.19. The van der Waals surface area contributed by atoms with Gasteiger partial charge in [0.1, 0.15) is 5.82 Å². The molecule has 3 nitrogen and oxygen atoms in total. The molecule has 5 heteroatoms. The van der Waals surface area contributed by atoms with Crippen LogP contribution < -0.4 is 5.32 Å². The summed E-state index contributed by atoms with van der Waals surface area (Å²) in [7, 11) is 1.23. The van der Waals surface area contributed by atoms with Gasteiger partial charge in [-0.15, -0.1) is 18.2 Å². The van der Waals surface area contributed by atoms with Gasteiger partial charge in [0.25, 0.3) is 0 Å². The van der Waals surface area contributed by atoms with Crippen molar-refractivity contribution >= 4 is 17.7 Å². The number of carbonyl (C=O) groups excluding carboxylic acids is 1. The van der Waals surface area contributed by atoms with Crippen LogP contribution >= 0.6 is 11.8 Å². The van der Waals surface area contributed by atoms with Gasteiger partial charge in [0.05, 0.1) is 18.4 Å². The minimum atomic E-state index is -0.664. The van der Waals surface area contributed by atoms with Gasteiger partial charge in [-0.2, -0.15) is 0 Å². The minimum absolute atomic E-state index is 0.0455. The van der Waals surface area contributed by atoms with E-state index in [-0.39, 0.29) is 5.56 Å². The predicted molar refractivity (Wildman–Crippen MR) is 75.6 cm³/mol. The second-order valence-corrected chi connectivity index (χ2v) is 4.84.